The van der Waals surface area contributed by atoms with Gasteiger partial charge in [0.15, 0.2) is 5.82 Å². The third-order valence-corrected chi connectivity index (χ3v) is 4.66. The highest BCUT2D eigenvalue weighted by atomic mass is 16.5. The molecule has 0 saturated heterocycles. The van der Waals surface area contributed by atoms with Gasteiger partial charge in [-0.15, -0.1) is 5.10 Å². The Morgan fingerprint density at radius 2 is 2.04 bits per heavy atom. The molecule has 8 nitrogen and oxygen atoms in total. The van der Waals surface area contributed by atoms with E-state index in [-0.39, 0.29) is 17.6 Å². The number of carbonyl (C=O) groups is 1. The number of hydrogen-bond donors (Lipinski definition) is 1. The fourth-order valence-electron chi connectivity index (χ4n) is 3.04. The van der Waals surface area contributed by atoms with E-state index in [0.717, 1.165) is 18.4 Å². The molecule has 0 bridgehead atoms. The molecule has 2 heterocycles. The van der Waals surface area contributed by atoms with Crippen molar-refractivity contribution in [2.24, 2.45) is 0 Å². The van der Waals surface area contributed by atoms with Gasteiger partial charge in [-0.2, -0.15) is 0 Å². The Kier molecular flexibility index (Phi) is 4.92. The number of rotatable bonds is 7. The van der Waals surface area contributed by atoms with Crippen molar-refractivity contribution in [3.05, 3.63) is 64.8 Å². The average Bonchev–Trinajstić information content (AvgIpc) is 3.52. The topological polar surface area (TPSA) is 91.0 Å². The van der Waals surface area contributed by atoms with Gasteiger partial charge in [0.1, 0.15) is 5.75 Å². The van der Waals surface area contributed by atoms with Gasteiger partial charge in [-0.3, -0.25) is 14.3 Å². The third kappa shape index (κ3) is 3.66. The summed E-state index contributed by atoms with van der Waals surface area (Å²) in [6, 6.07) is 10.8. The minimum atomic E-state index is -0.204. The van der Waals surface area contributed by atoms with E-state index >= 15 is 0 Å². The van der Waals surface area contributed by atoms with Crippen molar-refractivity contribution >= 4 is 5.91 Å². The highest BCUT2D eigenvalue weighted by Crippen LogP contribution is 2.36. The fourth-order valence-corrected chi connectivity index (χ4v) is 3.04. The van der Waals surface area contributed by atoms with E-state index < -0.39 is 0 Å². The predicted octanol–water partition coefficient (Wildman–Crippen LogP) is 1.88. The van der Waals surface area contributed by atoms with E-state index in [9.17, 15) is 9.59 Å². The molecule has 1 aliphatic carbocycles. The largest absolute Gasteiger partial charge is 0.497 e. The average molecular weight is 379 g/mol. The Morgan fingerprint density at radius 1 is 1.25 bits per heavy atom. The van der Waals surface area contributed by atoms with E-state index in [0.29, 0.717) is 30.2 Å². The van der Waals surface area contributed by atoms with Crippen molar-refractivity contribution in [3.63, 3.8) is 0 Å². The van der Waals surface area contributed by atoms with Crippen LogP contribution in [0.2, 0.25) is 0 Å². The quantitative estimate of drug-likeness (QED) is 0.677. The molecule has 1 saturated carbocycles. The molecular formula is C20H21N5O3. The van der Waals surface area contributed by atoms with Crippen LogP contribution >= 0.6 is 0 Å². The number of nitrogens with zero attached hydrogens (tertiary/aromatic N) is 4. The zero-order valence-corrected chi connectivity index (χ0v) is 15.5. The maximum absolute atomic E-state index is 12.8. The van der Waals surface area contributed by atoms with Crippen LogP contribution in [0.25, 0.3) is 11.4 Å². The van der Waals surface area contributed by atoms with Crippen LogP contribution < -0.4 is 15.7 Å². The number of ether oxygens (including phenoxy) is 1. The normalized spacial score (nSPS) is 13.3. The van der Waals surface area contributed by atoms with Crippen LogP contribution in [-0.2, 0) is 6.54 Å². The van der Waals surface area contributed by atoms with Gasteiger partial charge in [-0.1, -0.05) is 0 Å². The Hall–Kier alpha value is -3.42. The summed E-state index contributed by atoms with van der Waals surface area (Å²) in [7, 11) is 1.58. The smallest absolute Gasteiger partial charge is 0.346 e. The SMILES string of the molecule is COc1ccc(C(=O)NCCn2nc(-c3cccnc3)n(C3CC3)c2=O)cc1. The number of nitrogens with one attached hydrogen (secondary N) is 1. The number of amides is 1. The molecule has 144 valence electrons. The first-order valence-corrected chi connectivity index (χ1v) is 9.19. The molecule has 8 heteroatoms. The molecule has 1 aromatic carbocycles. The van der Waals surface area contributed by atoms with E-state index in [1.165, 1.54) is 4.68 Å². The molecule has 1 aliphatic rings. The molecule has 1 amide bonds. The van der Waals surface area contributed by atoms with Gasteiger partial charge in [-0.05, 0) is 49.2 Å². The number of methoxy groups -OCH3 is 1. The summed E-state index contributed by atoms with van der Waals surface area (Å²) >= 11 is 0. The van der Waals surface area contributed by atoms with Crippen molar-refractivity contribution < 1.29 is 9.53 Å². The molecule has 0 unspecified atom stereocenters. The molecule has 4 rings (SSSR count). The second kappa shape index (κ2) is 7.67. The Labute approximate surface area is 161 Å². The van der Waals surface area contributed by atoms with E-state index in [1.54, 1.807) is 48.3 Å². The molecule has 3 aromatic rings. The molecule has 1 fully saturated rings. The second-order valence-electron chi connectivity index (χ2n) is 6.66. The lowest BCUT2D eigenvalue weighted by Gasteiger charge is -2.06. The number of benzene rings is 1. The summed E-state index contributed by atoms with van der Waals surface area (Å²) < 4.78 is 8.24. The van der Waals surface area contributed by atoms with Crippen molar-refractivity contribution in [3.8, 4) is 17.1 Å². The molecule has 0 aliphatic heterocycles. The van der Waals surface area contributed by atoms with Crippen molar-refractivity contribution in [2.45, 2.75) is 25.4 Å². The first-order chi connectivity index (χ1) is 13.7. The maximum atomic E-state index is 12.8. The number of pyridine rings is 1. The first-order valence-electron chi connectivity index (χ1n) is 9.19. The standard InChI is InChI=1S/C20H21N5O3/c1-28-17-8-4-14(5-9-17)19(26)22-11-12-24-20(27)25(16-6-7-16)18(23-24)15-3-2-10-21-13-15/h2-5,8-10,13,16H,6-7,11-12H2,1H3,(H,22,26). The minimum absolute atomic E-state index is 0.153. The van der Waals surface area contributed by atoms with Gasteiger partial charge in [0.25, 0.3) is 5.91 Å². The van der Waals surface area contributed by atoms with Gasteiger partial charge in [0, 0.05) is 36.1 Å². The van der Waals surface area contributed by atoms with Crippen LogP contribution in [0.4, 0.5) is 0 Å². The van der Waals surface area contributed by atoms with Crippen LogP contribution in [0.15, 0.2) is 53.6 Å². The van der Waals surface area contributed by atoms with E-state index in [4.69, 9.17) is 4.74 Å². The molecule has 1 N–H and O–H groups in total. The molecule has 28 heavy (non-hydrogen) atoms. The Bertz CT molecular complexity index is 1020. The zero-order chi connectivity index (χ0) is 19.5. The molecule has 2 aromatic heterocycles. The number of aromatic nitrogens is 4. The summed E-state index contributed by atoms with van der Waals surface area (Å²) in [4.78, 5) is 29.2. The monoisotopic (exact) mass is 379 g/mol. The van der Waals surface area contributed by atoms with Crippen molar-refractivity contribution in [2.75, 3.05) is 13.7 Å². The first kappa shape index (κ1) is 18.0. The third-order valence-electron chi connectivity index (χ3n) is 4.66. The van der Waals surface area contributed by atoms with Crippen molar-refractivity contribution in [1.29, 1.82) is 0 Å². The van der Waals surface area contributed by atoms with Crippen LogP contribution in [0.1, 0.15) is 29.2 Å². The number of hydrogen-bond acceptors (Lipinski definition) is 5. The van der Waals surface area contributed by atoms with Gasteiger partial charge in [0.2, 0.25) is 0 Å². The van der Waals surface area contributed by atoms with Gasteiger partial charge in [-0.25, -0.2) is 9.48 Å². The van der Waals surface area contributed by atoms with E-state index in [2.05, 4.69) is 15.4 Å². The number of carbonyl (C=O) groups excluding carboxylic acids is 1. The summed E-state index contributed by atoms with van der Waals surface area (Å²) in [6.07, 6.45) is 5.35. The van der Waals surface area contributed by atoms with Crippen LogP contribution in [-0.4, -0.2) is 38.9 Å². The fraction of sp³-hybridized carbons (Fsp3) is 0.300. The molecule has 0 radical (unpaired) electrons. The predicted molar refractivity (Wildman–Crippen MR) is 103 cm³/mol. The Balaban J connectivity index is 1.46. The van der Waals surface area contributed by atoms with Crippen LogP contribution in [0.5, 0.6) is 5.75 Å². The van der Waals surface area contributed by atoms with Crippen LogP contribution in [0.3, 0.4) is 0 Å². The van der Waals surface area contributed by atoms with Gasteiger partial charge < -0.3 is 10.1 Å². The molecule has 0 spiro atoms. The minimum Gasteiger partial charge on any atom is -0.497 e. The van der Waals surface area contributed by atoms with Crippen molar-refractivity contribution in [1.82, 2.24) is 24.6 Å². The summed E-state index contributed by atoms with van der Waals surface area (Å²) in [5.41, 5.74) is 1.19. The zero-order valence-electron chi connectivity index (χ0n) is 15.5. The lowest BCUT2D eigenvalue weighted by atomic mass is 10.2. The highest BCUT2D eigenvalue weighted by Gasteiger charge is 2.30. The Morgan fingerprint density at radius 3 is 2.68 bits per heavy atom. The van der Waals surface area contributed by atoms with Crippen LogP contribution in [0, 0.1) is 0 Å². The molecular weight excluding hydrogens is 358 g/mol. The second-order valence-corrected chi connectivity index (χ2v) is 6.66. The lowest BCUT2D eigenvalue weighted by molar-refractivity contribution is 0.0951. The maximum Gasteiger partial charge on any atom is 0.346 e. The molecule has 0 atom stereocenters. The summed E-state index contributed by atoms with van der Waals surface area (Å²) in [5.74, 6) is 1.11. The summed E-state index contributed by atoms with van der Waals surface area (Å²) in [6.45, 7) is 0.604. The van der Waals surface area contributed by atoms with Gasteiger partial charge in [0.05, 0.1) is 13.7 Å². The van der Waals surface area contributed by atoms with Gasteiger partial charge >= 0.3 is 5.69 Å². The van der Waals surface area contributed by atoms with E-state index in [1.807, 2.05) is 12.1 Å². The lowest BCUT2D eigenvalue weighted by Crippen LogP contribution is -2.32. The highest BCUT2D eigenvalue weighted by molar-refractivity contribution is 5.94. The summed E-state index contributed by atoms with van der Waals surface area (Å²) in [5, 5.41) is 7.32.